The molecule has 1 fully saturated rings. The van der Waals surface area contributed by atoms with Gasteiger partial charge in [-0.15, -0.1) is 12.4 Å². The molecule has 4 heteroatoms. The van der Waals surface area contributed by atoms with Crippen LogP contribution in [-0.4, -0.2) is 42.4 Å². The van der Waals surface area contributed by atoms with Crippen molar-refractivity contribution in [1.29, 1.82) is 0 Å². The fraction of sp³-hybridized carbons (Fsp3) is 0.455. The molecule has 142 valence electrons. The number of rotatable bonds is 7. The normalized spacial score (nSPS) is 16.1. The maximum atomic E-state index is 10.1. The average Bonchev–Trinajstić information content (AvgIpc) is 3.14. The van der Waals surface area contributed by atoms with Crippen molar-refractivity contribution in [3.63, 3.8) is 0 Å². The summed E-state index contributed by atoms with van der Waals surface area (Å²) in [6.07, 6.45) is 2.05. The van der Waals surface area contributed by atoms with Crippen molar-refractivity contribution in [2.45, 2.75) is 38.2 Å². The number of hydrogen-bond donors (Lipinski definition) is 1. The number of aliphatic hydroxyl groups excluding tert-OH is 1. The van der Waals surface area contributed by atoms with Gasteiger partial charge in [0.05, 0.1) is 0 Å². The minimum Gasteiger partial charge on any atom is -0.491 e. The van der Waals surface area contributed by atoms with Gasteiger partial charge in [-0.05, 0) is 49.2 Å². The lowest BCUT2D eigenvalue weighted by atomic mass is 9.78. The summed E-state index contributed by atoms with van der Waals surface area (Å²) in [5.41, 5.74) is 2.50. The number of halogens is 1. The van der Waals surface area contributed by atoms with Crippen molar-refractivity contribution in [3.8, 4) is 5.75 Å². The minimum absolute atomic E-state index is 0. The van der Waals surface area contributed by atoms with Crippen molar-refractivity contribution in [1.82, 2.24) is 4.90 Å². The third-order valence-electron chi connectivity index (χ3n) is 5.18. The lowest BCUT2D eigenvalue weighted by Gasteiger charge is -2.26. The molecule has 2 aromatic rings. The Morgan fingerprint density at radius 1 is 0.962 bits per heavy atom. The Hall–Kier alpha value is -1.55. The van der Waals surface area contributed by atoms with Gasteiger partial charge in [0.15, 0.2) is 0 Å². The van der Waals surface area contributed by atoms with Gasteiger partial charge >= 0.3 is 0 Å². The van der Waals surface area contributed by atoms with E-state index in [0.717, 1.165) is 18.8 Å². The Bertz CT molecular complexity index is 652. The van der Waals surface area contributed by atoms with Crippen LogP contribution in [0.1, 0.15) is 37.8 Å². The highest BCUT2D eigenvalue weighted by atomic mass is 35.5. The summed E-state index contributed by atoms with van der Waals surface area (Å²) in [6, 6.07) is 18.8. The first-order chi connectivity index (χ1) is 12.1. The van der Waals surface area contributed by atoms with Crippen molar-refractivity contribution < 1.29 is 9.84 Å². The molecule has 1 atom stereocenters. The Labute approximate surface area is 163 Å². The van der Waals surface area contributed by atoms with E-state index in [9.17, 15) is 5.11 Å². The Kier molecular flexibility index (Phi) is 7.51. The molecule has 0 amide bonds. The second-order valence-corrected chi connectivity index (χ2v) is 7.49. The Morgan fingerprint density at radius 2 is 1.54 bits per heavy atom. The molecular weight excluding hydrogens is 346 g/mol. The summed E-state index contributed by atoms with van der Waals surface area (Å²) in [5, 5.41) is 10.1. The summed E-state index contributed by atoms with van der Waals surface area (Å²) in [4.78, 5) is 2.31. The smallest absolute Gasteiger partial charge is 0.119 e. The molecule has 1 heterocycles. The summed E-state index contributed by atoms with van der Waals surface area (Å²) in [7, 11) is 0. The van der Waals surface area contributed by atoms with Crippen LogP contribution in [0.15, 0.2) is 54.6 Å². The third-order valence-corrected chi connectivity index (χ3v) is 5.18. The van der Waals surface area contributed by atoms with Crippen molar-refractivity contribution >= 4 is 12.4 Å². The first kappa shape index (κ1) is 20.8. The molecule has 0 spiro atoms. The number of ether oxygens (including phenoxy) is 1. The summed E-state index contributed by atoms with van der Waals surface area (Å²) in [5.74, 6) is 0.813. The molecule has 1 unspecified atom stereocenters. The zero-order valence-electron chi connectivity index (χ0n) is 15.7. The van der Waals surface area contributed by atoms with E-state index in [-0.39, 0.29) is 17.8 Å². The molecule has 3 rings (SSSR count). The van der Waals surface area contributed by atoms with Crippen LogP contribution < -0.4 is 4.74 Å². The largest absolute Gasteiger partial charge is 0.491 e. The number of likely N-dealkylation sites (tertiary alicyclic amines) is 1. The third kappa shape index (κ3) is 5.23. The van der Waals surface area contributed by atoms with E-state index >= 15 is 0 Å². The Balaban J connectivity index is 0.00000243. The van der Waals surface area contributed by atoms with Crippen molar-refractivity contribution in [2.24, 2.45) is 0 Å². The van der Waals surface area contributed by atoms with Gasteiger partial charge in [0.25, 0.3) is 0 Å². The van der Waals surface area contributed by atoms with Gasteiger partial charge in [0.2, 0.25) is 0 Å². The van der Waals surface area contributed by atoms with Gasteiger partial charge < -0.3 is 14.7 Å². The van der Waals surface area contributed by atoms with E-state index in [1.165, 1.54) is 24.0 Å². The van der Waals surface area contributed by atoms with Crippen LogP contribution in [0.2, 0.25) is 0 Å². The van der Waals surface area contributed by atoms with Crippen LogP contribution in [0.25, 0.3) is 0 Å². The van der Waals surface area contributed by atoms with Crippen LogP contribution in [0.4, 0.5) is 0 Å². The van der Waals surface area contributed by atoms with E-state index in [4.69, 9.17) is 4.74 Å². The molecule has 0 aliphatic carbocycles. The van der Waals surface area contributed by atoms with Crippen molar-refractivity contribution in [3.05, 3.63) is 65.7 Å². The summed E-state index contributed by atoms with van der Waals surface area (Å²) >= 11 is 0. The predicted octanol–water partition coefficient (Wildman–Crippen LogP) is 4.27. The first-order valence-corrected chi connectivity index (χ1v) is 9.25. The first-order valence-electron chi connectivity index (χ1n) is 9.25. The average molecular weight is 376 g/mol. The number of β-amino-alcohol motifs (C(OH)–C–C–N with tert-alkyl or cyclic N) is 1. The van der Waals surface area contributed by atoms with E-state index in [0.29, 0.717) is 13.2 Å². The predicted molar refractivity (Wildman–Crippen MR) is 109 cm³/mol. The lowest BCUT2D eigenvalue weighted by molar-refractivity contribution is 0.0758. The number of aliphatic hydroxyl groups is 1. The van der Waals surface area contributed by atoms with Gasteiger partial charge in [-0.2, -0.15) is 0 Å². The molecule has 0 saturated carbocycles. The van der Waals surface area contributed by atoms with Crippen LogP contribution in [0.5, 0.6) is 5.75 Å². The quantitative estimate of drug-likeness (QED) is 0.784. The van der Waals surface area contributed by atoms with Crippen LogP contribution in [-0.2, 0) is 5.41 Å². The zero-order valence-corrected chi connectivity index (χ0v) is 16.5. The molecule has 0 radical (unpaired) electrons. The molecule has 3 nitrogen and oxygen atoms in total. The summed E-state index contributed by atoms with van der Waals surface area (Å²) in [6.45, 7) is 7.72. The molecule has 0 aromatic heterocycles. The second-order valence-electron chi connectivity index (χ2n) is 7.49. The van der Waals surface area contributed by atoms with Gasteiger partial charge in [-0.25, -0.2) is 0 Å². The highest BCUT2D eigenvalue weighted by Crippen LogP contribution is 2.32. The summed E-state index contributed by atoms with van der Waals surface area (Å²) < 4.78 is 5.77. The zero-order chi connectivity index (χ0) is 17.7. The maximum Gasteiger partial charge on any atom is 0.119 e. The highest BCUT2D eigenvalue weighted by Gasteiger charge is 2.22. The van der Waals surface area contributed by atoms with Crippen LogP contribution in [0.3, 0.4) is 0 Å². The molecule has 1 saturated heterocycles. The molecule has 1 N–H and O–H groups in total. The van der Waals surface area contributed by atoms with Gasteiger partial charge in [0, 0.05) is 12.0 Å². The topological polar surface area (TPSA) is 32.7 Å². The fourth-order valence-electron chi connectivity index (χ4n) is 3.50. The SMILES string of the molecule is CC(C)(c1ccccc1)c1ccc(OCC(O)CN2CCCC2)cc1.Cl. The van der Waals surface area contributed by atoms with Crippen LogP contribution in [0, 0.1) is 0 Å². The fourth-order valence-corrected chi connectivity index (χ4v) is 3.50. The van der Waals surface area contributed by atoms with E-state index in [1.807, 2.05) is 18.2 Å². The number of hydrogen-bond acceptors (Lipinski definition) is 3. The molecule has 1 aliphatic heterocycles. The monoisotopic (exact) mass is 375 g/mol. The lowest BCUT2D eigenvalue weighted by Crippen LogP contribution is -2.33. The Morgan fingerprint density at radius 3 is 2.15 bits per heavy atom. The van der Waals surface area contributed by atoms with E-state index in [2.05, 4.69) is 55.1 Å². The van der Waals surface area contributed by atoms with E-state index in [1.54, 1.807) is 0 Å². The van der Waals surface area contributed by atoms with Gasteiger partial charge in [-0.1, -0.05) is 56.3 Å². The molecule has 26 heavy (non-hydrogen) atoms. The molecular formula is C22H30ClNO2. The van der Waals surface area contributed by atoms with Crippen molar-refractivity contribution in [2.75, 3.05) is 26.2 Å². The number of benzene rings is 2. The van der Waals surface area contributed by atoms with Gasteiger partial charge in [-0.3, -0.25) is 0 Å². The minimum atomic E-state index is -0.432. The molecule has 2 aromatic carbocycles. The molecule has 1 aliphatic rings. The highest BCUT2D eigenvalue weighted by molar-refractivity contribution is 5.85. The second kappa shape index (κ2) is 9.40. The van der Waals surface area contributed by atoms with Crippen LogP contribution >= 0.6 is 12.4 Å². The standard InChI is InChI=1S/C22H29NO2.ClH/c1-22(2,18-8-4-3-5-9-18)19-10-12-21(13-11-19)25-17-20(24)16-23-14-6-7-15-23;/h3-5,8-13,20,24H,6-7,14-17H2,1-2H3;1H. The molecule has 0 bridgehead atoms. The van der Waals surface area contributed by atoms with E-state index < -0.39 is 6.10 Å². The maximum absolute atomic E-state index is 10.1. The number of nitrogens with zero attached hydrogens (tertiary/aromatic N) is 1. The van der Waals surface area contributed by atoms with Gasteiger partial charge in [0.1, 0.15) is 18.5 Å².